The van der Waals surface area contributed by atoms with Crippen molar-refractivity contribution in [3.05, 3.63) is 33.6 Å². The maximum Gasteiger partial charge on any atom is 0.275 e. The summed E-state index contributed by atoms with van der Waals surface area (Å²) in [5.74, 6) is -0.766. The molecule has 0 saturated heterocycles. The third kappa shape index (κ3) is 2.18. The van der Waals surface area contributed by atoms with E-state index >= 15 is 0 Å². The molecule has 1 fully saturated rings. The average Bonchev–Trinajstić information content (AvgIpc) is 2.32. The van der Waals surface area contributed by atoms with Crippen LogP contribution in [0.3, 0.4) is 0 Å². The lowest BCUT2D eigenvalue weighted by molar-refractivity contribution is -0.385. The van der Waals surface area contributed by atoms with Gasteiger partial charge in [-0.2, -0.15) is 0 Å². The summed E-state index contributed by atoms with van der Waals surface area (Å²) in [6, 6.07) is 2.14. The highest BCUT2D eigenvalue weighted by Crippen LogP contribution is 2.40. The van der Waals surface area contributed by atoms with Gasteiger partial charge in [-0.1, -0.05) is 0 Å². The molecular formula is C13H14FNO4. The van der Waals surface area contributed by atoms with E-state index in [1.165, 1.54) is 13.0 Å². The Bertz CT molecular complexity index is 568. The van der Waals surface area contributed by atoms with E-state index < -0.39 is 22.3 Å². The van der Waals surface area contributed by atoms with Gasteiger partial charge >= 0.3 is 0 Å². The minimum Gasteiger partial charge on any atom is -0.486 e. The van der Waals surface area contributed by atoms with Gasteiger partial charge in [0.05, 0.1) is 16.4 Å². The van der Waals surface area contributed by atoms with Crippen molar-refractivity contribution in [2.75, 3.05) is 0 Å². The number of hydrogen-bond acceptors (Lipinski definition) is 4. The number of carbonyl (C=O) groups excluding carboxylic acids is 1. The van der Waals surface area contributed by atoms with Gasteiger partial charge in [0.2, 0.25) is 0 Å². The molecule has 1 aliphatic carbocycles. The van der Waals surface area contributed by atoms with Crippen LogP contribution in [0.15, 0.2) is 12.1 Å². The Kier molecular flexibility index (Phi) is 3.04. The predicted molar refractivity (Wildman–Crippen MR) is 65.6 cm³/mol. The molecule has 0 radical (unpaired) electrons. The van der Waals surface area contributed by atoms with Gasteiger partial charge in [0.25, 0.3) is 5.69 Å². The van der Waals surface area contributed by atoms with Crippen LogP contribution < -0.4 is 4.74 Å². The molecule has 6 heteroatoms. The maximum absolute atomic E-state index is 13.7. The molecule has 0 aliphatic heterocycles. The highest BCUT2D eigenvalue weighted by atomic mass is 19.1. The van der Waals surface area contributed by atoms with E-state index in [-0.39, 0.29) is 23.6 Å². The van der Waals surface area contributed by atoms with E-state index in [1.54, 1.807) is 13.8 Å². The zero-order chi connectivity index (χ0) is 14.4. The van der Waals surface area contributed by atoms with E-state index in [1.807, 2.05) is 0 Å². The summed E-state index contributed by atoms with van der Waals surface area (Å²) in [4.78, 5) is 21.4. The molecule has 0 N–H and O–H groups in total. The molecule has 2 rings (SSSR count). The third-order valence-corrected chi connectivity index (χ3v) is 3.61. The van der Waals surface area contributed by atoms with Crippen LogP contribution in [0.2, 0.25) is 0 Å². The van der Waals surface area contributed by atoms with Crippen LogP contribution in [-0.2, 0) is 4.79 Å². The number of rotatable bonds is 3. The monoisotopic (exact) mass is 267 g/mol. The fraction of sp³-hybridized carbons (Fsp3) is 0.462. The highest BCUT2D eigenvalue weighted by Gasteiger charge is 2.49. The molecule has 0 bridgehead atoms. The molecule has 1 aliphatic rings. The minimum absolute atomic E-state index is 0.0475. The predicted octanol–water partition coefficient (Wildman–Crippen LogP) is 2.79. The normalized spacial score (nSPS) is 20.8. The lowest BCUT2D eigenvalue weighted by Crippen LogP contribution is -2.53. The van der Waals surface area contributed by atoms with E-state index in [2.05, 4.69) is 0 Å². The lowest BCUT2D eigenvalue weighted by atomic mass is 9.68. The van der Waals surface area contributed by atoms with Crippen LogP contribution >= 0.6 is 0 Å². The topological polar surface area (TPSA) is 69.4 Å². The van der Waals surface area contributed by atoms with Crippen molar-refractivity contribution in [1.29, 1.82) is 0 Å². The van der Waals surface area contributed by atoms with Crippen molar-refractivity contribution in [3.8, 4) is 5.75 Å². The van der Waals surface area contributed by atoms with Crippen LogP contribution in [0.1, 0.15) is 25.8 Å². The number of carbonyl (C=O) groups is 1. The van der Waals surface area contributed by atoms with Gasteiger partial charge in [0.15, 0.2) is 11.6 Å². The molecule has 102 valence electrons. The van der Waals surface area contributed by atoms with Crippen molar-refractivity contribution < 1.29 is 18.8 Å². The Hall–Kier alpha value is -1.98. The second-order valence-corrected chi connectivity index (χ2v) is 5.28. The van der Waals surface area contributed by atoms with E-state index in [0.29, 0.717) is 5.56 Å². The summed E-state index contributed by atoms with van der Waals surface area (Å²) in [7, 11) is 0. The average molecular weight is 267 g/mol. The van der Waals surface area contributed by atoms with Gasteiger partial charge in [0, 0.05) is 12.0 Å². The second kappa shape index (κ2) is 4.29. The summed E-state index contributed by atoms with van der Waals surface area (Å²) >= 11 is 0. The molecule has 19 heavy (non-hydrogen) atoms. The Labute approximate surface area is 109 Å². The molecule has 0 amide bonds. The molecule has 1 unspecified atom stereocenters. The summed E-state index contributed by atoms with van der Waals surface area (Å²) in [6.07, 6.45) is -0.155. The molecule has 1 saturated carbocycles. The number of aryl methyl sites for hydroxylation is 1. The summed E-state index contributed by atoms with van der Waals surface area (Å²) in [6.45, 7) is 4.99. The molecular weight excluding hydrogens is 253 g/mol. The number of benzene rings is 1. The third-order valence-electron chi connectivity index (χ3n) is 3.61. The molecule has 1 aromatic carbocycles. The van der Waals surface area contributed by atoms with Crippen LogP contribution in [-0.4, -0.2) is 16.8 Å². The fourth-order valence-electron chi connectivity index (χ4n) is 2.01. The minimum atomic E-state index is -0.785. The number of nitro benzene ring substituents is 1. The summed E-state index contributed by atoms with van der Waals surface area (Å²) in [5, 5.41) is 10.7. The number of Topliss-reactive ketones (excluding diaryl/α,β-unsaturated/α-hetero) is 1. The molecule has 1 aromatic rings. The van der Waals surface area contributed by atoms with Gasteiger partial charge in [-0.3, -0.25) is 14.9 Å². The first-order valence-electron chi connectivity index (χ1n) is 5.88. The second-order valence-electron chi connectivity index (χ2n) is 5.28. The van der Waals surface area contributed by atoms with Crippen molar-refractivity contribution in [2.45, 2.75) is 33.3 Å². The Balaban J connectivity index is 2.25. The zero-order valence-electron chi connectivity index (χ0n) is 10.9. The zero-order valence-corrected chi connectivity index (χ0v) is 10.9. The summed E-state index contributed by atoms with van der Waals surface area (Å²) in [5.41, 5.74) is -0.596. The van der Waals surface area contributed by atoms with Crippen molar-refractivity contribution in [1.82, 2.24) is 0 Å². The number of ether oxygens (including phenoxy) is 1. The van der Waals surface area contributed by atoms with E-state index in [4.69, 9.17) is 4.74 Å². The van der Waals surface area contributed by atoms with Gasteiger partial charge in [-0.05, 0) is 26.8 Å². The van der Waals surface area contributed by atoms with E-state index in [9.17, 15) is 19.3 Å². The van der Waals surface area contributed by atoms with Gasteiger partial charge in [-0.15, -0.1) is 0 Å². The van der Waals surface area contributed by atoms with Gasteiger partial charge in [0.1, 0.15) is 11.9 Å². The van der Waals surface area contributed by atoms with E-state index in [0.717, 1.165) is 6.07 Å². The molecule has 5 nitrogen and oxygen atoms in total. The molecule has 0 heterocycles. The lowest BCUT2D eigenvalue weighted by Gasteiger charge is -2.41. The first-order chi connectivity index (χ1) is 8.73. The smallest absolute Gasteiger partial charge is 0.275 e. The van der Waals surface area contributed by atoms with Crippen LogP contribution in [0.4, 0.5) is 10.1 Å². The largest absolute Gasteiger partial charge is 0.486 e. The number of nitrogens with zero attached hydrogens (tertiary/aromatic N) is 1. The first-order valence-corrected chi connectivity index (χ1v) is 5.88. The Morgan fingerprint density at radius 3 is 2.58 bits per heavy atom. The number of halogens is 1. The van der Waals surface area contributed by atoms with Crippen molar-refractivity contribution in [3.63, 3.8) is 0 Å². The highest BCUT2D eigenvalue weighted by molar-refractivity contribution is 5.91. The Morgan fingerprint density at radius 1 is 1.47 bits per heavy atom. The number of hydrogen-bond donors (Lipinski definition) is 0. The molecule has 0 spiro atoms. The molecule has 1 atom stereocenters. The quantitative estimate of drug-likeness (QED) is 0.623. The van der Waals surface area contributed by atoms with Crippen LogP contribution in [0.25, 0.3) is 0 Å². The van der Waals surface area contributed by atoms with Crippen molar-refractivity contribution >= 4 is 11.5 Å². The molecule has 0 aromatic heterocycles. The standard InChI is InChI=1S/C13H14FNO4/c1-7-4-10(8(14)5-9(7)15(17)18)19-12-6-11(16)13(12,2)3/h4-5,12H,6H2,1-3H3. The summed E-state index contributed by atoms with van der Waals surface area (Å²) < 4.78 is 19.2. The number of ketones is 1. The number of nitro groups is 1. The maximum atomic E-state index is 13.7. The first kappa shape index (κ1) is 13.5. The fourth-order valence-corrected chi connectivity index (χ4v) is 2.01. The van der Waals surface area contributed by atoms with Crippen LogP contribution in [0, 0.1) is 28.3 Å². The van der Waals surface area contributed by atoms with Crippen molar-refractivity contribution in [2.24, 2.45) is 5.41 Å². The van der Waals surface area contributed by atoms with Gasteiger partial charge in [-0.25, -0.2) is 4.39 Å². The SMILES string of the molecule is Cc1cc(OC2CC(=O)C2(C)C)c(F)cc1[N+](=O)[O-]. The van der Waals surface area contributed by atoms with Gasteiger partial charge < -0.3 is 4.74 Å². The Morgan fingerprint density at radius 2 is 2.11 bits per heavy atom. The van der Waals surface area contributed by atoms with Crippen LogP contribution in [0.5, 0.6) is 5.75 Å².